The van der Waals surface area contributed by atoms with Crippen LogP contribution >= 0.6 is 0 Å². The van der Waals surface area contributed by atoms with Crippen LogP contribution in [-0.2, 0) is 16.9 Å². The number of alkyl carbamates (subject to hydrolysis) is 1. The van der Waals surface area contributed by atoms with Crippen molar-refractivity contribution in [2.24, 2.45) is 0 Å². The van der Waals surface area contributed by atoms with Gasteiger partial charge in [0.2, 0.25) is 0 Å². The summed E-state index contributed by atoms with van der Waals surface area (Å²) in [6.45, 7) is 2.65. The van der Waals surface area contributed by atoms with Crippen molar-refractivity contribution in [2.75, 3.05) is 6.54 Å². The fourth-order valence-electron chi connectivity index (χ4n) is 4.11. The Labute approximate surface area is 188 Å². The molecule has 0 aliphatic carbocycles. The Morgan fingerprint density at radius 1 is 0.875 bits per heavy atom. The van der Waals surface area contributed by atoms with E-state index in [4.69, 9.17) is 4.74 Å². The number of benzene rings is 3. The van der Waals surface area contributed by atoms with Gasteiger partial charge in [-0.15, -0.1) is 0 Å². The van der Waals surface area contributed by atoms with Crippen LogP contribution in [-0.4, -0.2) is 22.2 Å². The molecule has 0 aliphatic rings. The zero-order valence-corrected chi connectivity index (χ0v) is 18.1. The summed E-state index contributed by atoms with van der Waals surface area (Å²) in [7, 11) is 0. The molecule has 1 amide bonds. The number of imidazole rings is 1. The maximum atomic E-state index is 12.1. The van der Waals surface area contributed by atoms with E-state index in [0.29, 0.717) is 12.4 Å². The number of nitrogens with zero attached hydrogens (tertiary/aromatic N) is 2. The van der Waals surface area contributed by atoms with Gasteiger partial charge in [0.25, 0.3) is 0 Å². The molecule has 162 valence electrons. The first-order valence-electron chi connectivity index (χ1n) is 10.9. The zero-order valence-electron chi connectivity index (χ0n) is 18.1. The molecular formula is C27H27N3O2. The summed E-state index contributed by atoms with van der Waals surface area (Å²) < 4.78 is 7.61. The largest absolute Gasteiger partial charge is 0.441 e. The lowest BCUT2D eigenvalue weighted by atomic mass is 9.76. The van der Waals surface area contributed by atoms with E-state index in [-0.39, 0.29) is 6.61 Å². The van der Waals surface area contributed by atoms with Crippen LogP contribution < -0.4 is 5.32 Å². The molecule has 0 saturated heterocycles. The smallest absolute Gasteiger partial charge is 0.407 e. The second-order valence-corrected chi connectivity index (χ2v) is 7.52. The highest BCUT2D eigenvalue weighted by molar-refractivity contribution is 5.67. The van der Waals surface area contributed by atoms with E-state index < -0.39 is 11.6 Å². The number of hydrogen-bond acceptors (Lipinski definition) is 3. The maximum absolute atomic E-state index is 12.1. The molecule has 0 atom stereocenters. The standard InChI is InChI=1S/C27H27N3O2/c1-2-18-29-26(31)32-21-25-28-19-20-30(25)27(22-12-6-3-7-13-22,23-14-8-4-9-15-23)24-16-10-5-11-17-24/h3-17,19-20H,2,18,21H2,1H3,(H,29,31). The summed E-state index contributed by atoms with van der Waals surface area (Å²) in [6, 6.07) is 31.0. The molecule has 0 bridgehead atoms. The van der Waals surface area contributed by atoms with Crippen LogP contribution in [0.5, 0.6) is 0 Å². The number of hydrogen-bond donors (Lipinski definition) is 1. The minimum atomic E-state index is -0.682. The first-order valence-corrected chi connectivity index (χ1v) is 10.9. The average Bonchev–Trinajstić information content (AvgIpc) is 3.33. The highest BCUT2D eigenvalue weighted by Crippen LogP contribution is 2.41. The Morgan fingerprint density at radius 3 is 1.84 bits per heavy atom. The molecule has 32 heavy (non-hydrogen) atoms. The highest BCUT2D eigenvalue weighted by atomic mass is 16.5. The van der Waals surface area contributed by atoms with Gasteiger partial charge in [0.1, 0.15) is 11.4 Å². The zero-order chi connectivity index (χ0) is 22.2. The monoisotopic (exact) mass is 425 g/mol. The van der Waals surface area contributed by atoms with Crippen LogP contribution in [0.2, 0.25) is 0 Å². The molecule has 4 rings (SSSR count). The first-order chi connectivity index (χ1) is 15.8. The summed E-state index contributed by atoms with van der Waals surface area (Å²) in [6.07, 6.45) is 4.12. The van der Waals surface area contributed by atoms with E-state index in [0.717, 1.165) is 23.1 Å². The second kappa shape index (κ2) is 9.96. The molecule has 5 heteroatoms. The lowest BCUT2D eigenvalue weighted by Gasteiger charge is -2.38. The van der Waals surface area contributed by atoms with Gasteiger partial charge in [-0.2, -0.15) is 0 Å². The molecule has 0 spiro atoms. The van der Waals surface area contributed by atoms with Crippen LogP contribution in [0, 0.1) is 0 Å². The molecular weight excluding hydrogens is 398 g/mol. The summed E-state index contributed by atoms with van der Waals surface area (Å²) in [5.74, 6) is 0.660. The Hall–Kier alpha value is -3.86. The van der Waals surface area contributed by atoms with Crippen molar-refractivity contribution in [3.05, 3.63) is 126 Å². The number of rotatable bonds is 8. The van der Waals surface area contributed by atoms with Crippen LogP contribution in [0.3, 0.4) is 0 Å². The van der Waals surface area contributed by atoms with Gasteiger partial charge in [-0.3, -0.25) is 0 Å². The molecule has 0 saturated carbocycles. The Bertz CT molecular complexity index is 1030. The summed E-state index contributed by atoms with van der Waals surface area (Å²) >= 11 is 0. The molecule has 0 unspecified atom stereocenters. The number of carbonyl (C=O) groups excluding carboxylic acids is 1. The lowest BCUT2D eigenvalue weighted by molar-refractivity contribution is 0.134. The van der Waals surface area contributed by atoms with E-state index in [2.05, 4.69) is 51.3 Å². The number of nitrogens with one attached hydrogen (secondary N) is 1. The van der Waals surface area contributed by atoms with Crippen LogP contribution in [0.1, 0.15) is 35.9 Å². The van der Waals surface area contributed by atoms with Gasteiger partial charge in [-0.05, 0) is 23.1 Å². The molecule has 0 radical (unpaired) electrons. The third kappa shape index (κ3) is 4.14. The minimum Gasteiger partial charge on any atom is -0.441 e. The normalized spacial score (nSPS) is 11.2. The van der Waals surface area contributed by atoms with E-state index in [9.17, 15) is 4.79 Å². The van der Waals surface area contributed by atoms with Crippen molar-refractivity contribution in [2.45, 2.75) is 25.5 Å². The Kier molecular flexibility index (Phi) is 6.66. The minimum absolute atomic E-state index is 0.0663. The predicted molar refractivity (Wildman–Crippen MR) is 125 cm³/mol. The van der Waals surface area contributed by atoms with Gasteiger partial charge in [0.05, 0.1) is 0 Å². The van der Waals surface area contributed by atoms with Crippen LogP contribution in [0.25, 0.3) is 0 Å². The van der Waals surface area contributed by atoms with Crippen molar-refractivity contribution >= 4 is 6.09 Å². The van der Waals surface area contributed by atoms with Gasteiger partial charge in [0, 0.05) is 18.9 Å². The summed E-state index contributed by atoms with van der Waals surface area (Å²) in [4.78, 5) is 16.7. The van der Waals surface area contributed by atoms with Gasteiger partial charge < -0.3 is 14.6 Å². The van der Waals surface area contributed by atoms with Gasteiger partial charge in [-0.1, -0.05) is 97.9 Å². The number of amides is 1. The quantitative estimate of drug-likeness (QED) is 0.387. The van der Waals surface area contributed by atoms with Gasteiger partial charge in [-0.25, -0.2) is 9.78 Å². The van der Waals surface area contributed by atoms with E-state index in [1.807, 2.05) is 67.7 Å². The maximum Gasteiger partial charge on any atom is 0.407 e. The molecule has 1 aromatic heterocycles. The summed E-state index contributed by atoms with van der Waals surface area (Å²) in [5, 5.41) is 2.75. The SMILES string of the molecule is CCCNC(=O)OCc1nccn1C(c1ccccc1)(c1ccccc1)c1ccccc1. The molecule has 0 aliphatic heterocycles. The van der Waals surface area contributed by atoms with Crippen molar-refractivity contribution < 1.29 is 9.53 Å². The van der Waals surface area contributed by atoms with Crippen molar-refractivity contribution in [1.29, 1.82) is 0 Å². The second-order valence-electron chi connectivity index (χ2n) is 7.52. The molecule has 4 aromatic rings. The van der Waals surface area contributed by atoms with Gasteiger partial charge >= 0.3 is 6.09 Å². The summed E-state index contributed by atoms with van der Waals surface area (Å²) in [5.41, 5.74) is 2.59. The van der Waals surface area contributed by atoms with Crippen molar-refractivity contribution in [3.8, 4) is 0 Å². The fraction of sp³-hybridized carbons (Fsp3) is 0.185. The van der Waals surface area contributed by atoms with E-state index >= 15 is 0 Å². The molecule has 1 heterocycles. The third-order valence-corrected chi connectivity index (χ3v) is 5.51. The molecule has 1 N–H and O–H groups in total. The van der Waals surface area contributed by atoms with E-state index in [1.165, 1.54) is 0 Å². The van der Waals surface area contributed by atoms with Crippen LogP contribution in [0.4, 0.5) is 4.79 Å². The predicted octanol–water partition coefficient (Wildman–Crippen LogP) is 5.36. The van der Waals surface area contributed by atoms with Crippen molar-refractivity contribution in [1.82, 2.24) is 14.9 Å². The van der Waals surface area contributed by atoms with Crippen molar-refractivity contribution in [3.63, 3.8) is 0 Å². The Balaban J connectivity index is 1.89. The number of aromatic nitrogens is 2. The van der Waals surface area contributed by atoms with E-state index in [1.54, 1.807) is 6.20 Å². The van der Waals surface area contributed by atoms with Gasteiger partial charge in [0.15, 0.2) is 6.61 Å². The fourth-order valence-corrected chi connectivity index (χ4v) is 4.11. The number of carbonyl (C=O) groups is 1. The molecule has 3 aromatic carbocycles. The highest BCUT2D eigenvalue weighted by Gasteiger charge is 2.39. The Morgan fingerprint density at radius 2 is 1.38 bits per heavy atom. The third-order valence-electron chi connectivity index (χ3n) is 5.51. The molecule has 5 nitrogen and oxygen atoms in total. The first kappa shape index (κ1) is 21.4. The number of ether oxygens (including phenoxy) is 1. The van der Waals surface area contributed by atoms with Crippen LogP contribution in [0.15, 0.2) is 103 Å². The molecule has 0 fully saturated rings. The average molecular weight is 426 g/mol. The lowest BCUT2D eigenvalue weighted by Crippen LogP contribution is -2.39. The topological polar surface area (TPSA) is 56.1 Å².